The van der Waals surface area contributed by atoms with Crippen LogP contribution in [0.25, 0.3) is 0 Å². The van der Waals surface area contributed by atoms with Crippen LogP contribution in [0.2, 0.25) is 0 Å². The predicted octanol–water partition coefficient (Wildman–Crippen LogP) is 1.81. The lowest BCUT2D eigenvalue weighted by Crippen LogP contribution is -2.50. The Balaban J connectivity index is 1.68. The monoisotopic (exact) mass is 506 g/mol. The second kappa shape index (κ2) is 11.2. The number of benzene rings is 2. The molecule has 0 saturated carbocycles. The predicted molar refractivity (Wildman–Crippen MR) is 121 cm³/mol. The summed E-state index contributed by atoms with van der Waals surface area (Å²) in [7, 11) is 0. The van der Waals surface area contributed by atoms with Gasteiger partial charge >= 0.3 is 5.97 Å². The topological polar surface area (TPSA) is 124 Å². The first-order valence-electron chi connectivity index (χ1n) is 11.1. The molecule has 1 heterocycles. The van der Waals surface area contributed by atoms with Crippen LogP contribution in [0.4, 0.5) is 13.2 Å². The maximum atomic E-state index is 13.9. The highest BCUT2D eigenvalue weighted by Crippen LogP contribution is 2.17. The van der Waals surface area contributed by atoms with Gasteiger partial charge in [0.1, 0.15) is 5.82 Å². The number of amides is 3. The molecule has 0 aromatic heterocycles. The van der Waals surface area contributed by atoms with Gasteiger partial charge in [0.25, 0.3) is 5.91 Å². The van der Waals surface area contributed by atoms with Gasteiger partial charge in [-0.25, -0.2) is 28.0 Å². The molecule has 36 heavy (non-hydrogen) atoms. The maximum absolute atomic E-state index is 13.9. The Labute approximate surface area is 204 Å². The van der Waals surface area contributed by atoms with Crippen LogP contribution in [-0.2, 0) is 16.0 Å². The van der Waals surface area contributed by atoms with E-state index in [0.717, 1.165) is 0 Å². The van der Waals surface area contributed by atoms with E-state index in [1.807, 2.05) is 0 Å². The van der Waals surface area contributed by atoms with E-state index in [1.54, 1.807) is 0 Å². The Morgan fingerprint density at radius 3 is 2.03 bits per heavy atom. The van der Waals surface area contributed by atoms with Crippen molar-refractivity contribution in [3.8, 4) is 0 Å². The summed E-state index contributed by atoms with van der Waals surface area (Å²) in [6, 6.07) is 5.54. The average Bonchev–Trinajstić information content (AvgIpc) is 3.05. The minimum Gasteiger partial charge on any atom is -0.478 e. The Bertz CT molecular complexity index is 1180. The van der Waals surface area contributed by atoms with Crippen molar-refractivity contribution in [1.29, 1.82) is 0 Å². The average molecular weight is 506 g/mol. The molecule has 1 saturated heterocycles. The standard InChI is InChI=1S/C24H25F3N4O5/c1-14(32)30-8-6-29(23(34)15-2-4-16(5-3-15)24(35)36)7-9-31(30)22(33)12-18(28)10-17-11-20(26)21(27)13-19(17)25/h2-5,11,13,18H,6-10,12,28H2,1H3,(H,35,36)/t18-/m1/s1. The van der Waals surface area contributed by atoms with Gasteiger partial charge in [0, 0.05) is 44.1 Å². The van der Waals surface area contributed by atoms with Crippen LogP contribution in [0.5, 0.6) is 0 Å². The minimum absolute atomic E-state index is 0.0209. The lowest BCUT2D eigenvalue weighted by atomic mass is 10.0. The SMILES string of the molecule is CC(=O)N1CCN(C(=O)c2ccc(C(=O)O)cc2)CCN1C(=O)C[C@H](N)Cc1cc(F)c(F)cc1F. The zero-order valence-electron chi connectivity index (χ0n) is 19.4. The summed E-state index contributed by atoms with van der Waals surface area (Å²) in [5, 5.41) is 11.4. The third-order valence-electron chi connectivity index (χ3n) is 5.78. The number of carbonyl (C=O) groups excluding carboxylic acids is 3. The van der Waals surface area contributed by atoms with Gasteiger partial charge in [-0.15, -0.1) is 0 Å². The highest BCUT2D eigenvalue weighted by Gasteiger charge is 2.30. The highest BCUT2D eigenvalue weighted by molar-refractivity contribution is 5.96. The third kappa shape index (κ3) is 6.19. The van der Waals surface area contributed by atoms with Gasteiger partial charge in [0.2, 0.25) is 11.8 Å². The summed E-state index contributed by atoms with van der Waals surface area (Å²) in [6.07, 6.45) is -0.549. The van der Waals surface area contributed by atoms with E-state index in [1.165, 1.54) is 46.1 Å². The number of halogens is 3. The fourth-order valence-electron chi connectivity index (χ4n) is 3.92. The molecule has 0 spiro atoms. The molecule has 0 unspecified atom stereocenters. The van der Waals surface area contributed by atoms with Crippen LogP contribution in [0.15, 0.2) is 36.4 Å². The Morgan fingerprint density at radius 1 is 0.889 bits per heavy atom. The van der Waals surface area contributed by atoms with Crippen molar-refractivity contribution in [3.05, 3.63) is 70.5 Å². The third-order valence-corrected chi connectivity index (χ3v) is 5.78. The Hall–Kier alpha value is -3.93. The molecule has 0 radical (unpaired) electrons. The van der Waals surface area contributed by atoms with Crippen LogP contribution in [-0.4, -0.2) is 75.9 Å². The first-order valence-corrected chi connectivity index (χ1v) is 11.1. The molecular weight excluding hydrogens is 481 g/mol. The van der Waals surface area contributed by atoms with Crippen molar-refractivity contribution in [1.82, 2.24) is 14.9 Å². The van der Waals surface area contributed by atoms with Crippen LogP contribution < -0.4 is 5.73 Å². The Morgan fingerprint density at radius 2 is 1.44 bits per heavy atom. The van der Waals surface area contributed by atoms with Gasteiger partial charge in [-0.2, -0.15) is 0 Å². The molecule has 1 atom stereocenters. The fourth-order valence-corrected chi connectivity index (χ4v) is 3.92. The van der Waals surface area contributed by atoms with Crippen LogP contribution >= 0.6 is 0 Å². The number of carboxylic acid groups (broad SMARTS) is 1. The smallest absolute Gasteiger partial charge is 0.335 e. The van der Waals surface area contributed by atoms with E-state index >= 15 is 0 Å². The quantitative estimate of drug-likeness (QED) is 0.576. The number of rotatable bonds is 6. The maximum Gasteiger partial charge on any atom is 0.335 e. The summed E-state index contributed by atoms with van der Waals surface area (Å²) in [6.45, 7) is 1.47. The number of carboxylic acids is 1. The fraction of sp³-hybridized carbons (Fsp3) is 0.333. The molecule has 3 amide bonds. The Kier molecular flexibility index (Phi) is 8.30. The normalized spacial score (nSPS) is 14.9. The molecule has 3 rings (SSSR count). The second-order valence-corrected chi connectivity index (χ2v) is 8.36. The lowest BCUT2D eigenvalue weighted by molar-refractivity contribution is -0.161. The number of nitrogens with zero attached hydrogens (tertiary/aromatic N) is 3. The summed E-state index contributed by atoms with van der Waals surface area (Å²) in [4.78, 5) is 50.6. The molecule has 1 fully saturated rings. The second-order valence-electron chi connectivity index (χ2n) is 8.36. The van der Waals surface area contributed by atoms with Crippen molar-refractivity contribution >= 4 is 23.7 Å². The zero-order chi connectivity index (χ0) is 26.6. The molecule has 1 aliphatic rings. The first-order chi connectivity index (χ1) is 17.0. The molecule has 192 valence electrons. The van der Waals surface area contributed by atoms with Gasteiger partial charge in [-0.05, 0) is 42.3 Å². The zero-order valence-corrected chi connectivity index (χ0v) is 19.4. The molecule has 3 N–H and O–H groups in total. The molecule has 2 aromatic rings. The van der Waals surface area contributed by atoms with Crippen molar-refractivity contribution < 1.29 is 37.5 Å². The molecular formula is C24H25F3N4O5. The summed E-state index contributed by atoms with van der Waals surface area (Å²) >= 11 is 0. The van der Waals surface area contributed by atoms with E-state index in [-0.39, 0.29) is 55.7 Å². The number of hydrogen-bond acceptors (Lipinski definition) is 5. The molecule has 9 nitrogen and oxygen atoms in total. The molecule has 12 heteroatoms. The lowest BCUT2D eigenvalue weighted by Gasteiger charge is -2.32. The molecule has 1 aliphatic heterocycles. The van der Waals surface area contributed by atoms with Crippen molar-refractivity contribution in [2.75, 3.05) is 26.2 Å². The minimum atomic E-state index is -1.33. The number of nitrogens with two attached hydrogens (primary N) is 1. The van der Waals surface area contributed by atoms with Crippen molar-refractivity contribution in [2.24, 2.45) is 5.73 Å². The van der Waals surface area contributed by atoms with Gasteiger partial charge in [-0.3, -0.25) is 14.4 Å². The van der Waals surface area contributed by atoms with Crippen LogP contribution in [0.1, 0.15) is 39.6 Å². The number of hydrogen-bond donors (Lipinski definition) is 2. The molecule has 0 aliphatic carbocycles. The number of carbonyl (C=O) groups is 4. The summed E-state index contributed by atoms with van der Waals surface area (Å²) in [5.74, 6) is -6.07. The number of hydrazine groups is 1. The van der Waals surface area contributed by atoms with E-state index in [2.05, 4.69) is 0 Å². The largest absolute Gasteiger partial charge is 0.478 e. The van der Waals surface area contributed by atoms with Gasteiger partial charge in [0.05, 0.1) is 18.7 Å². The van der Waals surface area contributed by atoms with Gasteiger partial charge in [0.15, 0.2) is 11.6 Å². The van der Waals surface area contributed by atoms with E-state index in [4.69, 9.17) is 10.8 Å². The number of aromatic carboxylic acids is 1. The van der Waals surface area contributed by atoms with E-state index in [0.29, 0.717) is 12.1 Å². The summed E-state index contributed by atoms with van der Waals surface area (Å²) in [5.41, 5.74) is 6.08. The van der Waals surface area contributed by atoms with Crippen LogP contribution in [0, 0.1) is 17.5 Å². The van der Waals surface area contributed by atoms with Crippen LogP contribution in [0.3, 0.4) is 0 Å². The molecule has 2 aromatic carbocycles. The van der Waals surface area contributed by atoms with Gasteiger partial charge in [-0.1, -0.05) is 0 Å². The van der Waals surface area contributed by atoms with Gasteiger partial charge < -0.3 is 15.7 Å². The van der Waals surface area contributed by atoms with Crippen molar-refractivity contribution in [2.45, 2.75) is 25.8 Å². The molecule has 0 bridgehead atoms. The van der Waals surface area contributed by atoms with Crippen molar-refractivity contribution in [3.63, 3.8) is 0 Å². The first kappa shape index (κ1) is 26.7. The van der Waals surface area contributed by atoms with E-state index in [9.17, 15) is 32.3 Å². The highest BCUT2D eigenvalue weighted by atomic mass is 19.2. The summed E-state index contributed by atoms with van der Waals surface area (Å²) < 4.78 is 40.6. The van der Waals surface area contributed by atoms with E-state index < -0.39 is 47.2 Å².